The molecule has 1 N–H and O–H groups in total. The Balaban J connectivity index is 1.93. The molecule has 3 rings (SSSR count). The lowest BCUT2D eigenvalue weighted by Crippen LogP contribution is -2.35. The van der Waals surface area contributed by atoms with E-state index in [0.29, 0.717) is 18.7 Å². The van der Waals surface area contributed by atoms with E-state index < -0.39 is 16.1 Å². The van der Waals surface area contributed by atoms with Gasteiger partial charge in [-0.1, -0.05) is 12.1 Å². The summed E-state index contributed by atoms with van der Waals surface area (Å²) in [4.78, 5) is 1.53. The predicted molar refractivity (Wildman–Crippen MR) is 82.7 cm³/mol. The van der Waals surface area contributed by atoms with E-state index in [4.69, 9.17) is 0 Å². The molecule has 1 aromatic carbocycles. The van der Waals surface area contributed by atoms with Crippen LogP contribution in [0, 0.1) is 0 Å². The van der Waals surface area contributed by atoms with Gasteiger partial charge in [-0.05, 0) is 48.1 Å². The highest BCUT2D eigenvalue weighted by Crippen LogP contribution is 2.28. The van der Waals surface area contributed by atoms with E-state index >= 15 is 0 Å². The van der Waals surface area contributed by atoms with E-state index in [2.05, 4.69) is 0 Å². The predicted octanol–water partition coefficient (Wildman–Crippen LogP) is 2.55. The molecule has 2 aromatic rings. The van der Waals surface area contributed by atoms with Crippen LogP contribution in [0.3, 0.4) is 0 Å². The maximum Gasteiger partial charge on any atom is 0.243 e. The van der Waals surface area contributed by atoms with E-state index in [1.54, 1.807) is 42.5 Å². The van der Waals surface area contributed by atoms with Gasteiger partial charge in [0.05, 0.1) is 11.0 Å². The third kappa shape index (κ3) is 2.76. The minimum Gasteiger partial charge on any atom is -0.389 e. The normalized spacial score (nSPS) is 17.4. The second kappa shape index (κ2) is 5.53. The summed E-state index contributed by atoms with van der Waals surface area (Å²) in [5.74, 6) is 0. The molecule has 1 aliphatic heterocycles. The van der Waals surface area contributed by atoms with Gasteiger partial charge in [0.15, 0.2) is 0 Å². The largest absolute Gasteiger partial charge is 0.389 e. The smallest absolute Gasteiger partial charge is 0.243 e. The molecule has 1 unspecified atom stereocenters. The standard InChI is InChI=1S/C15H17NO3S2/c1-11(17)12-3-2-4-14(9-12)21(18,19)16-7-5-15-13(10-16)6-8-20-15/h2-4,6,8-9,11,17H,5,7,10H2,1H3. The number of aliphatic hydroxyl groups excluding tert-OH is 1. The van der Waals surface area contributed by atoms with Crippen LogP contribution in [0.5, 0.6) is 0 Å². The molecular weight excluding hydrogens is 306 g/mol. The molecule has 0 radical (unpaired) electrons. The monoisotopic (exact) mass is 323 g/mol. The molecule has 0 spiro atoms. The van der Waals surface area contributed by atoms with E-state index in [1.165, 1.54) is 9.18 Å². The van der Waals surface area contributed by atoms with Crippen molar-refractivity contribution in [3.8, 4) is 0 Å². The number of hydrogen-bond donors (Lipinski definition) is 1. The number of sulfonamides is 1. The Morgan fingerprint density at radius 3 is 2.90 bits per heavy atom. The van der Waals surface area contributed by atoms with E-state index in [0.717, 1.165) is 12.0 Å². The first kappa shape index (κ1) is 14.7. The van der Waals surface area contributed by atoms with Crippen LogP contribution in [0.15, 0.2) is 40.6 Å². The average Bonchev–Trinajstić information content (AvgIpc) is 2.94. The van der Waals surface area contributed by atoms with Gasteiger partial charge in [0.1, 0.15) is 0 Å². The average molecular weight is 323 g/mol. The first-order chi connectivity index (χ1) is 9.98. The summed E-state index contributed by atoms with van der Waals surface area (Å²) < 4.78 is 27.0. The Labute approximate surface area is 128 Å². The highest BCUT2D eigenvalue weighted by Gasteiger charge is 2.29. The quantitative estimate of drug-likeness (QED) is 0.944. The zero-order valence-corrected chi connectivity index (χ0v) is 13.3. The van der Waals surface area contributed by atoms with Crippen LogP contribution in [0.4, 0.5) is 0 Å². The lowest BCUT2D eigenvalue weighted by Gasteiger charge is -2.26. The van der Waals surface area contributed by atoms with Gasteiger partial charge < -0.3 is 5.11 Å². The van der Waals surface area contributed by atoms with Crippen molar-refractivity contribution >= 4 is 21.4 Å². The van der Waals surface area contributed by atoms with Gasteiger partial charge in [-0.25, -0.2) is 8.42 Å². The summed E-state index contributed by atoms with van der Waals surface area (Å²) in [5.41, 5.74) is 1.71. The maximum atomic E-state index is 12.7. The van der Waals surface area contributed by atoms with Gasteiger partial charge in [0.2, 0.25) is 10.0 Å². The summed E-state index contributed by atoms with van der Waals surface area (Å²) in [5, 5.41) is 11.6. The molecule has 112 valence electrons. The van der Waals surface area contributed by atoms with Crippen molar-refractivity contribution in [2.45, 2.75) is 30.9 Å². The van der Waals surface area contributed by atoms with Crippen LogP contribution in [0.25, 0.3) is 0 Å². The number of benzene rings is 1. The molecule has 0 fully saturated rings. The number of nitrogens with zero attached hydrogens (tertiary/aromatic N) is 1. The molecular formula is C15H17NO3S2. The molecule has 4 nitrogen and oxygen atoms in total. The SMILES string of the molecule is CC(O)c1cccc(S(=O)(=O)N2CCc3sccc3C2)c1. The van der Waals surface area contributed by atoms with Crippen LogP contribution < -0.4 is 0 Å². The molecule has 1 atom stereocenters. The third-order valence-electron chi connectivity index (χ3n) is 3.75. The van der Waals surface area contributed by atoms with Crippen LogP contribution in [-0.4, -0.2) is 24.4 Å². The van der Waals surface area contributed by atoms with Gasteiger partial charge in [-0.3, -0.25) is 0 Å². The second-order valence-electron chi connectivity index (χ2n) is 5.21. The fraction of sp³-hybridized carbons (Fsp3) is 0.333. The molecule has 0 amide bonds. The van der Waals surface area contributed by atoms with Crippen LogP contribution in [0.1, 0.15) is 29.0 Å². The maximum absolute atomic E-state index is 12.7. The Morgan fingerprint density at radius 2 is 2.14 bits per heavy atom. The Bertz CT molecular complexity index is 750. The summed E-state index contributed by atoms with van der Waals surface area (Å²) in [6, 6.07) is 8.55. The highest BCUT2D eigenvalue weighted by atomic mass is 32.2. The first-order valence-corrected chi connectivity index (χ1v) is 9.14. The van der Waals surface area contributed by atoms with E-state index in [9.17, 15) is 13.5 Å². The molecule has 1 aliphatic rings. The molecule has 0 saturated carbocycles. The summed E-state index contributed by atoms with van der Waals surface area (Å²) in [6.45, 7) is 2.57. The molecule has 6 heteroatoms. The van der Waals surface area contributed by atoms with Gasteiger partial charge >= 0.3 is 0 Å². The second-order valence-corrected chi connectivity index (χ2v) is 8.14. The fourth-order valence-electron chi connectivity index (χ4n) is 2.51. The minimum absolute atomic E-state index is 0.250. The summed E-state index contributed by atoms with van der Waals surface area (Å²) in [6.07, 6.45) is 0.0903. The van der Waals surface area contributed by atoms with Crippen molar-refractivity contribution in [3.63, 3.8) is 0 Å². The van der Waals surface area contributed by atoms with Crippen molar-refractivity contribution in [3.05, 3.63) is 51.7 Å². The van der Waals surface area contributed by atoms with Crippen molar-refractivity contribution in [2.75, 3.05) is 6.54 Å². The Morgan fingerprint density at radius 1 is 1.33 bits per heavy atom. The number of aliphatic hydroxyl groups is 1. The van der Waals surface area contributed by atoms with Crippen LogP contribution in [-0.2, 0) is 23.0 Å². The third-order valence-corrected chi connectivity index (χ3v) is 6.62. The van der Waals surface area contributed by atoms with E-state index in [-0.39, 0.29) is 4.90 Å². The number of hydrogen-bond acceptors (Lipinski definition) is 4. The molecule has 0 saturated heterocycles. The van der Waals surface area contributed by atoms with E-state index in [1.807, 2.05) is 11.4 Å². The van der Waals surface area contributed by atoms with Gasteiger partial charge in [0, 0.05) is 18.0 Å². The molecule has 1 aromatic heterocycles. The molecule has 21 heavy (non-hydrogen) atoms. The zero-order valence-electron chi connectivity index (χ0n) is 11.7. The van der Waals surface area contributed by atoms with Crippen molar-refractivity contribution in [1.29, 1.82) is 0 Å². The highest BCUT2D eigenvalue weighted by molar-refractivity contribution is 7.89. The minimum atomic E-state index is -3.51. The Hall–Kier alpha value is -1.21. The number of fused-ring (bicyclic) bond motifs is 1. The van der Waals surface area contributed by atoms with Gasteiger partial charge in [-0.15, -0.1) is 11.3 Å². The van der Waals surface area contributed by atoms with Crippen LogP contribution in [0.2, 0.25) is 0 Å². The lowest BCUT2D eigenvalue weighted by atomic mass is 10.1. The van der Waals surface area contributed by atoms with Gasteiger partial charge in [-0.2, -0.15) is 4.31 Å². The molecule has 2 heterocycles. The van der Waals surface area contributed by atoms with Crippen molar-refractivity contribution in [1.82, 2.24) is 4.31 Å². The fourth-order valence-corrected chi connectivity index (χ4v) is 4.88. The van der Waals surface area contributed by atoms with Crippen molar-refractivity contribution in [2.24, 2.45) is 0 Å². The lowest BCUT2D eigenvalue weighted by molar-refractivity contribution is 0.199. The zero-order chi connectivity index (χ0) is 15.0. The topological polar surface area (TPSA) is 57.6 Å². The number of rotatable bonds is 3. The molecule has 0 aliphatic carbocycles. The first-order valence-electron chi connectivity index (χ1n) is 6.82. The number of thiophene rings is 1. The summed E-state index contributed by atoms with van der Waals surface area (Å²) in [7, 11) is -3.51. The van der Waals surface area contributed by atoms with Crippen LogP contribution >= 0.6 is 11.3 Å². The van der Waals surface area contributed by atoms with Crippen molar-refractivity contribution < 1.29 is 13.5 Å². The summed E-state index contributed by atoms with van der Waals surface area (Å²) >= 11 is 1.69. The van der Waals surface area contributed by atoms with Gasteiger partial charge in [0.25, 0.3) is 0 Å². The Kier molecular flexibility index (Phi) is 3.88. The molecule has 0 bridgehead atoms.